The number of halogens is 8. The molecule has 0 aromatic heterocycles. The van der Waals surface area contributed by atoms with Crippen molar-refractivity contribution < 1.29 is 187 Å². The number of amides is 6. The third-order valence-corrected chi connectivity index (χ3v) is 27.3. The molecule has 0 saturated carbocycles. The molecule has 12 rings (SSSR count). The number of thiocarbonyl (C=S) groups is 1. The number of nitrogens with zero attached hydrogens (tertiary/aromatic N) is 5. The first-order valence-corrected chi connectivity index (χ1v) is 47.9. The molecule has 0 radical (unpaired) electrons. The predicted octanol–water partition coefficient (Wildman–Crippen LogP) is 4.30. The smallest absolute Gasteiger partial charge is 0.744 e. The van der Waals surface area contributed by atoms with Crippen LogP contribution in [0.1, 0.15) is 38.9 Å². The summed E-state index contributed by atoms with van der Waals surface area (Å²) >= 11 is 30.9. The van der Waals surface area contributed by atoms with Gasteiger partial charge in [0.2, 0.25) is 0 Å². The van der Waals surface area contributed by atoms with E-state index in [4.69, 9.17) is 12.2 Å². The number of rotatable bonds is 26. The summed E-state index contributed by atoms with van der Waals surface area (Å²) in [5.74, 6) is -6.68. The number of carbonyl (C=O) groups excluding carboxylic acids is 6. The largest absolute Gasteiger partial charge is 1.00 e. The van der Waals surface area contributed by atoms with Crippen molar-refractivity contribution in [2.45, 2.75) is 46.7 Å². The van der Waals surface area contributed by atoms with E-state index in [-0.39, 0.29) is 163 Å². The summed E-state index contributed by atoms with van der Waals surface area (Å²) in [6, 6.07) is 46.2. The van der Waals surface area contributed by atoms with Gasteiger partial charge in [-0.15, -0.1) is 0 Å². The van der Waals surface area contributed by atoms with Crippen molar-refractivity contribution in [1.29, 1.82) is 0 Å². The fraction of sp³-hybridized carbons (Fsp3) is 0.0602. The van der Waals surface area contributed by atoms with E-state index in [0.717, 1.165) is 92.6 Å². The number of phenols is 6. The molecule has 37 nitrogen and oxygen atoms in total. The number of nitrogens with one attached hydrogen (secondary N) is 11. The van der Waals surface area contributed by atoms with Crippen molar-refractivity contribution in [2.75, 3.05) is 21.3 Å². The summed E-state index contributed by atoms with van der Waals surface area (Å²) in [4.78, 5) is 76.5. The van der Waals surface area contributed by atoms with E-state index in [1.54, 1.807) is 74.5 Å². The molecule has 6 amide bonds. The molecule has 2 atom stereocenters. The van der Waals surface area contributed by atoms with E-state index in [9.17, 15) is 98.3 Å². The fourth-order valence-electron chi connectivity index (χ4n) is 11.4. The van der Waals surface area contributed by atoms with E-state index in [1.807, 2.05) is 78.9 Å². The molecule has 684 valence electrons. The number of hydrogen-bond acceptors (Lipinski definition) is 30. The predicted molar refractivity (Wildman–Crippen MR) is 524 cm³/mol. The summed E-state index contributed by atoms with van der Waals surface area (Å²) in [6.07, 6.45) is 5.38. The van der Waals surface area contributed by atoms with Gasteiger partial charge in [-0.05, 0) is 262 Å². The van der Waals surface area contributed by atoms with Gasteiger partial charge in [-0.1, -0.05) is 129 Å². The molecule has 0 spiro atoms. The maximum Gasteiger partial charge on any atom is 1.00 e. The number of phenolic OH excluding ortho intramolecular Hbond substituents is 6. The summed E-state index contributed by atoms with van der Waals surface area (Å²) in [6.45, 7) is 3.55. The fourth-order valence-corrected chi connectivity index (χ4v) is 17.9. The van der Waals surface area contributed by atoms with Crippen LogP contribution in [0.3, 0.4) is 0 Å². The quantitative estimate of drug-likeness (QED) is 0.00897. The van der Waals surface area contributed by atoms with E-state index < -0.39 is 104 Å². The number of benzene rings is 12. The van der Waals surface area contributed by atoms with Crippen molar-refractivity contribution in [2.24, 2.45) is 25.5 Å². The summed E-state index contributed by atoms with van der Waals surface area (Å²) in [7, 11) is -15.0. The SMILES string of the molecule is Cc1c(Br)cc(/C=N/NC(=O)C(Nc2ccc3ccccc3c2)C(=O)N/N=C/c2ccc(S(=O)(=O)[O-])cc2S(=O)(=O)[O-])c(O)c1Br.Cc1c(Br)cc(/C=N/NC(=O)C(Nc2ccc3ccccc3c2)C(=O)NNC(=S)Nc2ccc(S(=O)(=O)[O-])cc2)c(O)c1Br.O=C(N/N=C/c1cc(Br)c(O)c(Br)c1O)C(Nc1ccc2ccccc2c1)C(=O)N/N=C/c1cc(Br)c(O)c(Br)c1O.[Na+].[Na+].[Na+]. The van der Waals surface area contributed by atoms with Gasteiger partial charge in [0.1, 0.15) is 73.8 Å². The van der Waals surface area contributed by atoms with Gasteiger partial charge in [0.15, 0.2) is 23.2 Å². The van der Waals surface area contributed by atoms with E-state index in [2.05, 4.69) is 212 Å². The monoisotopic (exact) mass is 2450 g/mol. The second kappa shape index (κ2) is 51.1. The maximum atomic E-state index is 13.2. The molecule has 0 aliphatic carbocycles. The van der Waals surface area contributed by atoms with Crippen LogP contribution in [-0.4, -0.2) is 159 Å². The molecule has 0 heterocycles. The molecule has 12 aromatic rings. The van der Waals surface area contributed by atoms with Crippen LogP contribution in [0.25, 0.3) is 32.3 Å². The first-order chi connectivity index (χ1) is 62.4. The summed E-state index contributed by atoms with van der Waals surface area (Å²) in [5.41, 5.74) is 19.5. The zero-order valence-corrected chi connectivity index (χ0v) is 91.7. The van der Waals surface area contributed by atoms with Crippen LogP contribution in [0.15, 0.2) is 270 Å². The Morgan fingerprint density at radius 3 is 0.926 bits per heavy atom. The molecule has 12 aromatic carbocycles. The maximum absolute atomic E-state index is 13.2. The van der Waals surface area contributed by atoms with Crippen LogP contribution in [0.5, 0.6) is 34.5 Å². The Morgan fingerprint density at radius 2 is 0.607 bits per heavy atom. The van der Waals surface area contributed by atoms with Crippen LogP contribution >= 0.6 is 140 Å². The minimum absolute atomic E-state index is 0. The Labute approximate surface area is 907 Å². The number of hydrazine groups is 1. The molecular weight excluding hydrogens is 2390 g/mol. The normalized spacial score (nSPS) is 11.8. The molecule has 135 heavy (non-hydrogen) atoms. The second-order valence-corrected chi connectivity index (χ2v) is 38.2. The molecule has 2 unspecified atom stereocenters. The number of hydrazone groups is 5. The first-order valence-electron chi connectivity index (χ1n) is 36.9. The molecule has 52 heteroatoms. The van der Waals surface area contributed by atoms with Crippen molar-refractivity contribution >= 4 is 297 Å². The summed E-state index contributed by atoms with van der Waals surface area (Å²) in [5, 5.41) is 96.7. The summed E-state index contributed by atoms with van der Waals surface area (Å²) < 4.78 is 105. The Kier molecular flexibility index (Phi) is 42.8. The minimum Gasteiger partial charge on any atom is -0.744 e. The van der Waals surface area contributed by atoms with Gasteiger partial charge in [-0.25, -0.2) is 52.4 Å². The Morgan fingerprint density at radius 1 is 0.326 bits per heavy atom. The van der Waals surface area contributed by atoms with Crippen molar-refractivity contribution in [3.05, 3.63) is 269 Å². The van der Waals surface area contributed by atoms with Gasteiger partial charge < -0.3 is 65.6 Å². The second-order valence-electron chi connectivity index (χ2n) is 27.1. The topological polar surface area (TPSA) is 590 Å². The number of carbonyl (C=O) groups is 6. The van der Waals surface area contributed by atoms with Gasteiger partial charge in [-0.2, -0.15) is 25.5 Å². The molecule has 0 fully saturated rings. The van der Waals surface area contributed by atoms with E-state index in [0.29, 0.717) is 52.3 Å². The third kappa shape index (κ3) is 31.0. The van der Waals surface area contributed by atoms with Crippen LogP contribution in [0.2, 0.25) is 0 Å². The Balaban J connectivity index is 0.000000273. The van der Waals surface area contributed by atoms with Crippen LogP contribution in [0.4, 0.5) is 22.7 Å². The number of aromatic hydroxyl groups is 6. The Hall–Kier alpha value is -8.95. The van der Waals surface area contributed by atoms with Crippen LogP contribution < -0.4 is 148 Å². The number of hydrogen-bond donors (Lipinski definition) is 17. The van der Waals surface area contributed by atoms with Crippen molar-refractivity contribution in [1.82, 2.24) is 38.0 Å². The van der Waals surface area contributed by atoms with Crippen LogP contribution in [0, 0.1) is 13.8 Å². The van der Waals surface area contributed by atoms with Gasteiger partial charge in [-0.3, -0.25) is 39.6 Å². The molecular formula is C83H63Br8N16Na3O21S4. The molecule has 0 saturated heterocycles. The van der Waals surface area contributed by atoms with Gasteiger partial charge in [0.05, 0.1) is 63.7 Å². The van der Waals surface area contributed by atoms with Gasteiger partial charge >= 0.3 is 88.7 Å². The third-order valence-electron chi connectivity index (χ3n) is 18.2. The molecule has 0 bridgehead atoms. The zero-order chi connectivity index (χ0) is 96.4. The number of anilines is 4. The van der Waals surface area contributed by atoms with E-state index in [1.165, 1.54) is 30.5 Å². The van der Waals surface area contributed by atoms with Crippen LogP contribution in [-0.2, 0) is 59.1 Å². The van der Waals surface area contributed by atoms with Gasteiger partial charge in [0, 0.05) is 59.5 Å². The minimum atomic E-state index is -5.27. The first kappa shape index (κ1) is 113. The zero-order valence-electron chi connectivity index (χ0n) is 69.8. The van der Waals surface area contributed by atoms with Crippen molar-refractivity contribution in [3.8, 4) is 34.5 Å². The average molecular weight is 2460 g/mol. The standard InChI is InChI=1S/C28H24Br2N6O6S2.C28H23Br2N5O9S2.C27H19Br4N5O6.3Na/c1-15-22(29)13-18(25(37)23(15)30)14-31-34-26(38)24(32-20-7-6-16-4-2-3-5-17(16)12-20)27(39)35-36-28(43)33-19-8-10-21(11-9-19)44(40,41)42;1-15-22(29)11-19(26(36)24(15)30)14-32-35-28(38)25(33-20-8-6-16-4-2-3-5-17(16)10-20)27(37)34-31-13-18-7-9-21(45(39,40)41)12-23(18)46(42,43)44;28-17-8-14(22(37)19(30)24(17)39)10-32-35-26(41)21(34-16-6-5-12-3-1-2-4-13(12)7-16)27(42)36-33-11-15-9-18(29)25(40)20(31)23(15)38;;;/h2-14,24,32,37H,1H3,(H,34,38)(H,35,39)(H2,33,36,43)(H,40,41,42);2-14,25,33,36H,1H3,(H,34,37)(H,35,38)(H,39,40,41)(H,42,43,44);1-11,21,34,37-40H,(H,35,41)(H,36,42);;;/q;;;3*+1/p-3/b31-14+;31-13+,32-14+;32-10+,33-11+;;;. The van der Waals surface area contributed by atoms with E-state index >= 15 is 0 Å². The number of fused-ring (bicyclic) bond motifs is 3. The molecule has 0 aliphatic rings. The molecule has 17 N–H and O–H groups in total. The molecule has 0 aliphatic heterocycles. The van der Waals surface area contributed by atoms with Crippen molar-refractivity contribution in [3.63, 3.8) is 0 Å². The van der Waals surface area contributed by atoms with Gasteiger partial charge in [0.25, 0.3) is 35.4 Å². The Bertz CT molecular complexity index is 7050. The average Bonchev–Trinajstić information content (AvgIpc) is 0.800.